The number of hydrogen-bond acceptors (Lipinski definition) is 4. The molecule has 5 nitrogen and oxygen atoms in total. The highest BCUT2D eigenvalue weighted by atomic mass is 16.5. The van der Waals surface area contributed by atoms with Gasteiger partial charge in [-0.2, -0.15) is 0 Å². The number of hydrogen-bond donors (Lipinski definition) is 1. The fourth-order valence-electron chi connectivity index (χ4n) is 1.79. The third-order valence-corrected chi connectivity index (χ3v) is 3.07. The Morgan fingerprint density at radius 3 is 2.71 bits per heavy atom. The van der Waals surface area contributed by atoms with Crippen molar-refractivity contribution in [3.8, 4) is 5.75 Å². The van der Waals surface area contributed by atoms with E-state index in [-0.39, 0.29) is 11.3 Å². The van der Waals surface area contributed by atoms with Gasteiger partial charge in [0.05, 0.1) is 7.11 Å². The van der Waals surface area contributed by atoms with Gasteiger partial charge in [-0.05, 0) is 17.7 Å². The molecule has 5 heteroatoms. The number of carbonyl (C=O) groups excluding carboxylic acids is 1. The van der Waals surface area contributed by atoms with Crippen molar-refractivity contribution in [2.75, 3.05) is 7.11 Å². The summed E-state index contributed by atoms with van der Waals surface area (Å²) in [5.74, 6) is 1.20. The molecule has 1 N–H and O–H groups in total. The zero-order chi connectivity index (χ0) is 15.5. The summed E-state index contributed by atoms with van der Waals surface area (Å²) in [6, 6.07) is 9.23. The Bertz CT molecular complexity index is 626. The molecule has 21 heavy (non-hydrogen) atoms. The van der Waals surface area contributed by atoms with Gasteiger partial charge in [0.2, 0.25) is 0 Å². The number of carbonyl (C=O) groups is 1. The molecular formula is C16H20N2O3. The first-order valence-electron chi connectivity index (χ1n) is 6.78. The van der Waals surface area contributed by atoms with E-state index in [1.54, 1.807) is 13.2 Å². The highest BCUT2D eigenvalue weighted by Crippen LogP contribution is 2.22. The van der Waals surface area contributed by atoms with E-state index in [1.165, 1.54) is 0 Å². The minimum atomic E-state index is -0.253. The number of amides is 1. The van der Waals surface area contributed by atoms with E-state index in [1.807, 2.05) is 45.0 Å². The number of aromatic nitrogens is 1. The van der Waals surface area contributed by atoms with Crippen LogP contribution in [0.2, 0.25) is 0 Å². The van der Waals surface area contributed by atoms with Crippen molar-refractivity contribution in [2.24, 2.45) is 0 Å². The smallest absolute Gasteiger partial charge is 0.273 e. The highest BCUT2D eigenvalue weighted by Gasteiger charge is 2.21. The van der Waals surface area contributed by atoms with Gasteiger partial charge < -0.3 is 14.6 Å². The normalized spacial score (nSPS) is 11.2. The Hall–Kier alpha value is -2.30. The molecule has 0 radical (unpaired) electrons. The minimum Gasteiger partial charge on any atom is -0.497 e. The number of nitrogens with one attached hydrogen (secondary N) is 1. The first kappa shape index (κ1) is 15.1. The summed E-state index contributed by atoms with van der Waals surface area (Å²) >= 11 is 0. The summed E-state index contributed by atoms with van der Waals surface area (Å²) in [6.07, 6.45) is 0. The SMILES string of the molecule is COc1cccc(CNC(=O)c2cc(C(C)(C)C)on2)c1. The van der Waals surface area contributed by atoms with Gasteiger partial charge in [0.1, 0.15) is 11.5 Å². The average molecular weight is 288 g/mol. The summed E-state index contributed by atoms with van der Waals surface area (Å²) in [6.45, 7) is 6.43. The van der Waals surface area contributed by atoms with Crippen molar-refractivity contribution in [1.82, 2.24) is 10.5 Å². The fourth-order valence-corrected chi connectivity index (χ4v) is 1.79. The van der Waals surface area contributed by atoms with Crippen LogP contribution < -0.4 is 10.1 Å². The molecule has 2 rings (SSSR count). The molecule has 0 fully saturated rings. The van der Waals surface area contributed by atoms with E-state index in [9.17, 15) is 4.79 Å². The van der Waals surface area contributed by atoms with E-state index in [4.69, 9.17) is 9.26 Å². The van der Waals surface area contributed by atoms with Gasteiger partial charge in [-0.3, -0.25) is 4.79 Å². The molecule has 0 bridgehead atoms. The number of ether oxygens (including phenoxy) is 1. The van der Waals surface area contributed by atoms with Gasteiger partial charge in [0.25, 0.3) is 5.91 Å². The largest absolute Gasteiger partial charge is 0.497 e. The number of methoxy groups -OCH3 is 1. The molecule has 0 unspecified atom stereocenters. The second-order valence-electron chi connectivity index (χ2n) is 5.86. The van der Waals surface area contributed by atoms with Gasteiger partial charge in [-0.25, -0.2) is 0 Å². The Morgan fingerprint density at radius 1 is 1.33 bits per heavy atom. The van der Waals surface area contributed by atoms with E-state index < -0.39 is 0 Å². The third-order valence-electron chi connectivity index (χ3n) is 3.07. The molecule has 1 aromatic heterocycles. The predicted molar refractivity (Wildman–Crippen MR) is 79.4 cm³/mol. The van der Waals surface area contributed by atoms with Crippen molar-refractivity contribution in [3.05, 3.63) is 47.3 Å². The Kier molecular flexibility index (Phi) is 4.31. The zero-order valence-corrected chi connectivity index (χ0v) is 12.8. The summed E-state index contributed by atoms with van der Waals surface area (Å²) in [4.78, 5) is 12.0. The topological polar surface area (TPSA) is 64.4 Å². The van der Waals surface area contributed by atoms with Crippen LogP contribution in [-0.2, 0) is 12.0 Å². The van der Waals surface area contributed by atoms with Crippen LogP contribution in [0.25, 0.3) is 0 Å². The number of rotatable bonds is 4. The Morgan fingerprint density at radius 2 is 2.10 bits per heavy atom. The molecule has 0 aliphatic rings. The summed E-state index contributed by atoms with van der Waals surface area (Å²) in [5.41, 5.74) is 1.09. The highest BCUT2D eigenvalue weighted by molar-refractivity contribution is 5.92. The lowest BCUT2D eigenvalue weighted by Crippen LogP contribution is -2.23. The summed E-state index contributed by atoms with van der Waals surface area (Å²) < 4.78 is 10.4. The molecule has 1 heterocycles. The lowest BCUT2D eigenvalue weighted by Gasteiger charge is -2.12. The predicted octanol–water partition coefficient (Wildman–Crippen LogP) is 2.91. The zero-order valence-electron chi connectivity index (χ0n) is 12.8. The monoisotopic (exact) mass is 288 g/mol. The van der Waals surface area contributed by atoms with Gasteiger partial charge in [-0.1, -0.05) is 38.1 Å². The minimum absolute atomic E-state index is 0.168. The Labute approximate surface area is 124 Å². The van der Waals surface area contributed by atoms with Crippen molar-refractivity contribution < 1.29 is 14.1 Å². The molecule has 0 atom stereocenters. The molecule has 112 valence electrons. The van der Waals surface area contributed by atoms with Gasteiger partial charge in [0.15, 0.2) is 5.69 Å². The van der Waals surface area contributed by atoms with Crippen LogP contribution in [0.3, 0.4) is 0 Å². The van der Waals surface area contributed by atoms with Gasteiger partial charge in [0, 0.05) is 18.0 Å². The summed E-state index contributed by atoms with van der Waals surface area (Å²) in [5, 5.41) is 6.63. The first-order valence-corrected chi connectivity index (χ1v) is 6.78. The molecule has 0 spiro atoms. The van der Waals surface area contributed by atoms with Crippen LogP contribution in [-0.4, -0.2) is 18.2 Å². The van der Waals surface area contributed by atoms with Crippen molar-refractivity contribution >= 4 is 5.91 Å². The molecule has 2 aromatic rings. The Balaban J connectivity index is 2.00. The third kappa shape index (κ3) is 3.84. The van der Waals surface area contributed by atoms with E-state index >= 15 is 0 Å². The lowest BCUT2D eigenvalue weighted by molar-refractivity contribution is 0.0941. The standard InChI is InChI=1S/C16H20N2O3/c1-16(2,3)14-9-13(18-21-14)15(19)17-10-11-6-5-7-12(8-11)20-4/h5-9H,10H2,1-4H3,(H,17,19). The van der Waals surface area contributed by atoms with Crippen LogP contribution >= 0.6 is 0 Å². The molecule has 0 aliphatic heterocycles. The first-order chi connectivity index (χ1) is 9.90. The maximum absolute atomic E-state index is 12.0. The lowest BCUT2D eigenvalue weighted by atomic mass is 9.93. The van der Waals surface area contributed by atoms with Crippen LogP contribution in [0, 0.1) is 0 Å². The molecular weight excluding hydrogens is 268 g/mol. The van der Waals surface area contributed by atoms with Crippen LogP contribution in [0.15, 0.2) is 34.9 Å². The fraction of sp³-hybridized carbons (Fsp3) is 0.375. The van der Waals surface area contributed by atoms with E-state index in [0.717, 1.165) is 11.3 Å². The quantitative estimate of drug-likeness (QED) is 0.939. The molecule has 0 aliphatic carbocycles. The molecule has 0 saturated carbocycles. The second kappa shape index (κ2) is 5.99. The molecule has 1 amide bonds. The number of nitrogens with zero attached hydrogens (tertiary/aromatic N) is 1. The van der Waals surface area contributed by atoms with E-state index in [2.05, 4.69) is 10.5 Å². The number of benzene rings is 1. The van der Waals surface area contributed by atoms with Crippen LogP contribution in [0.1, 0.15) is 42.6 Å². The van der Waals surface area contributed by atoms with Crippen LogP contribution in [0.4, 0.5) is 0 Å². The van der Waals surface area contributed by atoms with Crippen molar-refractivity contribution in [1.29, 1.82) is 0 Å². The molecule has 0 saturated heterocycles. The summed E-state index contributed by atoms with van der Waals surface area (Å²) in [7, 11) is 1.61. The van der Waals surface area contributed by atoms with Gasteiger partial charge >= 0.3 is 0 Å². The van der Waals surface area contributed by atoms with Gasteiger partial charge in [-0.15, -0.1) is 0 Å². The maximum atomic E-state index is 12.0. The molecule has 1 aromatic carbocycles. The maximum Gasteiger partial charge on any atom is 0.273 e. The van der Waals surface area contributed by atoms with E-state index in [0.29, 0.717) is 18.0 Å². The second-order valence-corrected chi connectivity index (χ2v) is 5.86. The van der Waals surface area contributed by atoms with Crippen molar-refractivity contribution in [3.63, 3.8) is 0 Å². The van der Waals surface area contributed by atoms with Crippen molar-refractivity contribution in [2.45, 2.75) is 32.7 Å². The average Bonchev–Trinajstić information content (AvgIpc) is 2.95. The van der Waals surface area contributed by atoms with Crippen LogP contribution in [0.5, 0.6) is 5.75 Å².